The molecule has 0 bridgehead atoms. The van der Waals surface area contributed by atoms with Crippen LogP contribution >= 0.6 is 15.9 Å². The Labute approximate surface area is 205 Å². The lowest BCUT2D eigenvalue weighted by Gasteiger charge is -2.18. The minimum Gasteiger partial charge on any atom is -0.496 e. The van der Waals surface area contributed by atoms with Crippen molar-refractivity contribution in [2.24, 2.45) is 0 Å². The molecule has 0 saturated carbocycles. The molecule has 3 rings (SSSR count). The van der Waals surface area contributed by atoms with Crippen LogP contribution in [0.2, 0.25) is 0 Å². The predicted octanol–water partition coefficient (Wildman–Crippen LogP) is 5.44. The van der Waals surface area contributed by atoms with Gasteiger partial charge < -0.3 is 28.4 Å². The molecule has 0 spiro atoms. The monoisotopic (exact) mass is 534 g/mol. The number of hydrogen-bond acceptors (Lipinski definition) is 7. The third-order valence-corrected chi connectivity index (χ3v) is 5.44. The van der Waals surface area contributed by atoms with Crippen LogP contribution in [0.3, 0.4) is 0 Å². The molecule has 0 saturated heterocycles. The van der Waals surface area contributed by atoms with Crippen molar-refractivity contribution in [1.29, 1.82) is 0 Å². The van der Waals surface area contributed by atoms with Crippen LogP contribution in [-0.2, 0) is 13.2 Å². The summed E-state index contributed by atoms with van der Waals surface area (Å²) in [5.41, 5.74) is 1.53. The number of methoxy groups -OCH3 is 4. The van der Waals surface area contributed by atoms with Gasteiger partial charge in [-0.05, 0) is 24.3 Å². The van der Waals surface area contributed by atoms with Gasteiger partial charge in [0, 0.05) is 28.7 Å². The van der Waals surface area contributed by atoms with Crippen LogP contribution in [0.25, 0.3) is 0 Å². The van der Waals surface area contributed by atoms with E-state index in [4.69, 9.17) is 33.6 Å². The second-order valence-corrected chi connectivity index (χ2v) is 7.86. The molecule has 0 unspecified atom stereocenters. The fraction of sp³-hybridized carbons (Fsp3) is 0.250. The number of benzene rings is 3. The summed E-state index contributed by atoms with van der Waals surface area (Å²) in [5, 5.41) is 8.95. The van der Waals surface area contributed by atoms with Crippen LogP contribution in [-0.4, -0.2) is 38.6 Å². The third-order valence-electron chi connectivity index (χ3n) is 4.98. The average Bonchev–Trinajstić information content (AvgIpc) is 2.85. The molecular weight excluding hydrogens is 510 g/mol. The van der Waals surface area contributed by atoms with Gasteiger partial charge in [-0.2, -0.15) is 0 Å². The molecule has 0 aliphatic carbocycles. The molecule has 0 heterocycles. The Hall–Kier alpha value is -3.66. The van der Waals surface area contributed by atoms with Gasteiger partial charge in [-0.1, -0.05) is 15.9 Å². The lowest BCUT2D eigenvalue weighted by atomic mass is 10.1. The minimum absolute atomic E-state index is 0.100. The van der Waals surface area contributed by atoms with E-state index in [-0.39, 0.29) is 23.8 Å². The van der Waals surface area contributed by atoms with Crippen molar-refractivity contribution in [2.45, 2.75) is 13.2 Å². The van der Waals surface area contributed by atoms with Gasteiger partial charge in [-0.25, -0.2) is 5.21 Å². The maximum Gasteiger partial charge on any atom is 0.316 e. The summed E-state index contributed by atoms with van der Waals surface area (Å²) in [5.74, 6) is 3.31. The van der Waals surface area contributed by atoms with Crippen LogP contribution in [0.4, 0.5) is 5.69 Å². The fourth-order valence-electron chi connectivity index (χ4n) is 3.26. The van der Waals surface area contributed by atoms with Crippen molar-refractivity contribution < 1.29 is 38.6 Å². The highest BCUT2D eigenvalue weighted by Crippen LogP contribution is 2.37. The zero-order valence-corrected chi connectivity index (χ0v) is 20.7. The van der Waals surface area contributed by atoms with Gasteiger partial charge in [-0.15, -0.1) is 0 Å². The van der Waals surface area contributed by atoms with Crippen LogP contribution < -0.4 is 28.4 Å². The minimum atomic E-state index is -0.214. The quantitative estimate of drug-likeness (QED) is 0.325. The molecule has 3 aromatic carbocycles. The molecule has 10 heteroatoms. The lowest BCUT2D eigenvalue weighted by Crippen LogP contribution is -2.05. The highest BCUT2D eigenvalue weighted by Gasteiger charge is 2.17. The zero-order chi connectivity index (χ0) is 24.7. The summed E-state index contributed by atoms with van der Waals surface area (Å²) in [7, 11) is 6.25. The highest BCUT2D eigenvalue weighted by molar-refractivity contribution is 9.10. The highest BCUT2D eigenvalue weighted by atomic mass is 79.9. The maximum absolute atomic E-state index is 10.9. The Morgan fingerprint density at radius 1 is 0.706 bits per heavy atom. The van der Waals surface area contributed by atoms with Crippen molar-refractivity contribution in [3.63, 3.8) is 0 Å². The summed E-state index contributed by atoms with van der Waals surface area (Å²) < 4.78 is 34.7. The van der Waals surface area contributed by atoms with Gasteiger partial charge >= 0.3 is 5.69 Å². The lowest BCUT2D eigenvalue weighted by molar-refractivity contribution is -0.729. The Bertz CT molecular complexity index is 1100. The van der Waals surface area contributed by atoms with Crippen LogP contribution in [0, 0.1) is 4.91 Å². The van der Waals surface area contributed by atoms with Crippen molar-refractivity contribution in [2.75, 3.05) is 28.4 Å². The van der Waals surface area contributed by atoms with Crippen LogP contribution in [0.1, 0.15) is 11.1 Å². The topological polar surface area (TPSA) is 95.7 Å². The molecule has 0 aromatic heterocycles. The predicted molar refractivity (Wildman–Crippen MR) is 127 cm³/mol. The molecule has 34 heavy (non-hydrogen) atoms. The summed E-state index contributed by atoms with van der Waals surface area (Å²) in [4.78, 5) is 10.7. The Balaban J connectivity index is 1.80. The van der Waals surface area contributed by atoms with Gasteiger partial charge in [0.15, 0.2) is 0 Å². The SMILES string of the molecule is COc1cc(Br)cc(OC)c1COc1cc(OC)c(COc2ccc([N+](=O)O)cc2)c(OC)c1. The Kier molecular flexibility index (Phi) is 8.42. The van der Waals surface area contributed by atoms with Crippen molar-refractivity contribution in [3.05, 3.63) is 69.0 Å². The van der Waals surface area contributed by atoms with E-state index in [1.807, 2.05) is 12.1 Å². The molecular formula is C24H25BrNO8+. The first kappa shape index (κ1) is 25.0. The molecule has 1 N–H and O–H groups in total. The van der Waals surface area contributed by atoms with E-state index in [0.29, 0.717) is 40.1 Å². The number of rotatable bonds is 11. The number of hydrogen-bond donors (Lipinski definition) is 1. The normalized spacial score (nSPS) is 10.4. The van der Waals surface area contributed by atoms with Gasteiger partial charge in [0.1, 0.15) is 47.7 Å². The van der Waals surface area contributed by atoms with E-state index in [2.05, 4.69) is 15.9 Å². The molecule has 0 fully saturated rings. The first-order valence-electron chi connectivity index (χ1n) is 10.1. The van der Waals surface area contributed by atoms with Gasteiger partial charge in [-0.3, -0.25) is 0 Å². The van der Waals surface area contributed by atoms with E-state index in [9.17, 15) is 4.91 Å². The Morgan fingerprint density at radius 2 is 1.12 bits per heavy atom. The molecule has 3 aromatic rings. The van der Waals surface area contributed by atoms with E-state index >= 15 is 0 Å². The van der Waals surface area contributed by atoms with Crippen molar-refractivity contribution in [3.8, 4) is 34.5 Å². The smallest absolute Gasteiger partial charge is 0.316 e. The second-order valence-electron chi connectivity index (χ2n) is 6.94. The summed E-state index contributed by atoms with van der Waals surface area (Å²) >= 11 is 3.44. The summed E-state index contributed by atoms with van der Waals surface area (Å²) in [6, 6.07) is 13.2. The van der Waals surface area contributed by atoms with Crippen LogP contribution in [0.5, 0.6) is 34.5 Å². The van der Waals surface area contributed by atoms with Crippen molar-refractivity contribution >= 4 is 21.6 Å². The first-order valence-corrected chi connectivity index (χ1v) is 10.9. The van der Waals surface area contributed by atoms with Gasteiger partial charge in [0.05, 0.1) is 44.5 Å². The second kappa shape index (κ2) is 11.5. The standard InChI is InChI=1S/C24H25BrNO8/c1-29-21-9-15(25)10-22(30-2)19(21)14-34-18-11-23(31-3)20(24(12-18)32-4)13-33-17-7-5-16(6-8-17)26(27)28/h5-12H,13-14H2,1-4H3,(H,27,28)/q+1. The van der Waals surface area contributed by atoms with E-state index in [1.54, 1.807) is 52.7 Å². The largest absolute Gasteiger partial charge is 0.496 e. The zero-order valence-electron chi connectivity index (χ0n) is 19.2. The van der Waals surface area contributed by atoms with E-state index < -0.39 is 0 Å². The molecule has 0 aliphatic rings. The van der Waals surface area contributed by atoms with Gasteiger partial charge in [0.2, 0.25) is 0 Å². The molecule has 0 radical (unpaired) electrons. The summed E-state index contributed by atoms with van der Waals surface area (Å²) in [6.45, 7) is 0.330. The third kappa shape index (κ3) is 5.82. The number of nitrogens with zero attached hydrogens (tertiary/aromatic N) is 1. The van der Waals surface area contributed by atoms with E-state index in [1.165, 1.54) is 12.1 Å². The molecule has 0 amide bonds. The maximum atomic E-state index is 10.9. The first-order chi connectivity index (χ1) is 16.4. The molecule has 9 nitrogen and oxygen atoms in total. The van der Waals surface area contributed by atoms with Gasteiger partial charge in [0.25, 0.3) is 4.92 Å². The average molecular weight is 535 g/mol. The Morgan fingerprint density at radius 3 is 1.53 bits per heavy atom. The molecule has 0 aliphatic heterocycles. The summed E-state index contributed by atoms with van der Waals surface area (Å²) in [6.07, 6.45) is 0. The van der Waals surface area contributed by atoms with Crippen LogP contribution in [0.15, 0.2) is 53.0 Å². The molecule has 180 valence electrons. The van der Waals surface area contributed by atoms with E-state index in [0.717, 1.165) is 10.0 Å². The number of halogens is 1. The molecule has 0 atom stereocenters. The fourth-order valence-corrected chi connectivity index (χ4v) is 3.68. The van der Waals surface area contributed by atoms with Crippen molar-refractivity contribution in [1.82, 2.24) is 0 Å². The number of ether oxygens (including phenoxy) is 6.